The molecule has 3 aromatic rings. The fraction of sp³-hybridized carbons (Fsp3) is 0.154. The number of ether oxygens (including phenoxy) is 1. The molecule has 0 spiro atoms. The number of carbonyl (C=O) groups is 4. The first kappa shape index (κ1) is 20.6. The summed E-state index contributed by atoms with van der Waals surface area (Å²) in [5.74, 6) is -1.59. The van der Waals surface area contributed by atoms with Gasteiger partial charge in [-0.1, -0.05) is 42.5 Å². The zero-order valence-corrected chi connectivity index (χ0v) is 17.6. The molecule has 0 N–H and O–H groups in total. The Morgan fingerprint density at radius 2 is 1.42 bits per heavy atom. The maximum Gasteiger partial charge on any atom is 0.316 e. The number of amides is 3. The largest absolute Gasteiger partial charge is 0.426 e. The third-order valence-electron chi connectivity index (χ3n) is 5.87. The van der Waals surface area contributed by atoms with Crippen LogP contribution in [0.3, 0.4) is 0 Å². The molecule has 0 radical (unpaired) electrons. The van der Waals surface area contributed by atoms with E-state index in [9.17, 15) is 19.2 Å². The lowest BCUT2D eigenvalue weighted by atomic mass is 10.1. The number of fused-ring (bicyclic) bond motifs is 1. The van der Waals surface area contributed by atoms with Gasteiger partial charge in [0.25, 0.3) is 11.8 Å². The third kappa shape index (κ3) is 3.89. The Labute approximate surface area is 190 Å². The van der Waals surface area contributed by atoms with Crippen LogP contribution in [0.5, 0.6) is 5.75 Å². The molecule has 3 amide bonds. The second-order valence-electron chi connectivity index (χ2n) is 8.07. The van der Waals surface area contributed by atoms with Crippen LogP contribution in [0.2, 0.25) is 0 Å². The van der Waals surface area contributed by atoms with Gasteiger partial charge in [0, 0.05) is 19.5 Å². The zero-order valence-electron chi connectivity index (χ0n) is 17.6. The number of esters is 1. The van der Waals surface area contributed by atoms with Crippen LogP contribution < -0.4 is 9.64 Å². The predicted octanol–water partition coefficient (Wildman–Crippen LogP) is 3.44. The summed E-state index contributed by atoms with van der Waals surface area (Å²) in [5.41, 5.74) is 2.13. The van der Waals surface area contributed by atoms with Crippen LogP contribution in [0.1, 0.15) is 32.7 Å². The number of hydrogen-bond acceptors (Lipinski definition) is 5. The van der Waals surface area contributed by atoms with E-state index < -0.39 is 11.9 Å². The van der Waals surface area contributed by atoms with Gasteiger partial charge in [-0.15, -0.1) is 0 Å². The summed E-state index contributed by atoms with van der Waals surface area (Å²) in [7, 11) is 0. The monoisotopic (exact) mass is 440 g/mol. The molecular weight excluding hydrogens is 420 g/mol. The van der Waals surface area contributed by atoms with E-state index in [4.69, 9.17) is 4.74 Å². The van der Waals surface area contributed by atoms with Gasteiger partial charge in [0.2, 0.25) is 5.91 Å². The summed E-state index contributed by atoms with van der Waals surface area (Å²) >= 11 is 0. The van der Waals surface area contributed by atoms with Crippen LogP contribution in [-0.4, -0.2) is 35.1 Å². The lowest BCUT2D eigenvalue weighted by Crippen LogP contribution is -2.29. The average molecular weight is 440 g/mol. The molecule has 0 aliphatic carbocycles. The van der Waals surface area contributed by atoms with Gasteiger partial charge in [0.1, 0.15) is 5.75 Å². The minimum Gasteiger partial charge on any atom is -0.426 e. The smallest absolute Gasteiger partial charge is 0.316 e. The van der Waals surface area contributed by atoms with Crippen LogP contribution in [0, 0.1) is 5.92 Å². The molecule has 2 aliphatic rings. The first-order valence-electron chi connectivity index (χ1n) is 10.6. The molecule has 2 heterocycles. The Kier molecular flexibility index (Phi) is 5.22. The number of nitrogens with zero attached hydrogens (tertiary/aromatic N) is 2. The molecule has 7 heteroatoms. The lowest BCUT2D eigenvalue weighted by Gasteiger charge is -2.17. The Balaban J connectivity index is 1.23. The van der Waals surface area contributed by atoms with Crippen LogP contribution in [-0.2, 0) is 16.1 Å². The quantitative estimate of drug-likeness (QED) is 0.345. The van der Waals surface area contributed by atoms with Crippen molar-refractivity contribution >= 4 is 29.4 Å². The van der Waals surface area contributed by atoms with Crippen molar-refractivity contribution in [1.82, 2.24) is 4.90 Å². The maximum atomic E-state index is 12.6. The number of imide groups is 1. The first-order valence-corrected chi connectivity index (χ1v) is 10.6. The van der Waals surface area contributed by atoms with Gasteiger partial charge in [-0.3, -0.25) is 19.2 Å². The topological polar surface area (TPSA) is 84.0 Å². The highest BCUT2D eigenvalue weighted by molar-refractivity contribution is 6.34. The van der Waals surface area contributed by atoms with E-state index in [-0.39, 0.29) is 29.9 Å². The molecule has 3 aromatic carbocycles. The van der Waals surface area contributed by atoms with Crippen molar-refractivity contribution in [2.75, 3.05) is 11.4 Å². The molecule has 7 nitrogen and oxygen atoms in total. The maximum absolute atomic E-state index is 12.6. The first-order chi connectivity index (χ1) is 16.0. The van der Waals surface area contributed by atoms with E-state index in [2.05, 4.69) is 0 Å². The number of rotatable bonds is 5. The highest BCUT2D eigenvalue weighted by atomic mass is 16.5. The SMILES string of the molecule is O=C(Oc1ccc(N2C(=O)c3ccccc3C2=O)cc1)[C@@H]1CC(=O)N(Cc2ccccc2)C1. The minimum atomic E-state index is -0.544. The van der Waals surface area contributed by atoms with Crippen LogP contribution in [0.4, 0.5) is 5.69 Å². The molecule has 1 saturated heterocycles. The summed E-state index contributed by atoms with van der Waals surface area (Å²) in [6.45, 7) is 0.762. The van der Waals surface area contributed by atoms with Crippen LogP contribution in [0.15, 0.2) is 78.9 Å². The van der Waals surface area contributed by atoms with Crippen LogP contribution in [0.25, 0.3) is 0 Å². The molecule has 1 fully saturated rings. The van der Waals surface area contributed by atoms with Crippen molar-refractivity contribution in [1.29, 1.82) is 0 Å². The highest BCUT2D eigenvalue weighted by Crippen LogP contribution is 2.30. The van der Waals surface area contributed by atoms with Crippen molar-refractivity contribution in [2.24, 2.45) is 5.92 Å². The Morgan fingerprint density at radius 1 is 0.818 bits per heavy atom. The van der Waals surface area contributed by atoms with Gasteiger partial charge in [-0.25, -0.2) is 4.90 Å². The van der Waals surface area contributed by atoms with Gasteiger partial charge < -0.3 is 9.64 Å². The summed E-state index contributed by atoms with van der Waals surface area (Å²) < 4.78 is 5.47. The predicted molar refractivity (Wildman–Crippen MR) is 120 cm³/mol. The number of likely N-dealkylation sites (tertiary alicyclic amines) is 1. The molecule has 5 rings (SSSR count). The van der Waals surface area contributed by atoms with E-state index in [1.807, 2.05) is 30.3 Å². The summed E-state index contributed by atoms with van der Waals surface area (Å²) in [6.07, 6.45) is 0.110. The molecule has 1 atom stereocenters. The second kappa shape index (κ2) is 8.35. The van der Waals surface area contributed by atoms with Crippen molar-refractivity contribution in [3.63, 3.8) is 0 Å². The highest BCUT2D eigenvalue weighted by Gasteiger charge is 2.37. The van der Waals surface area contributed by atoms with Crippen molar-refractivity contribution in [3.8, 4) is 5.75 Å². The van der Waals surface area contributed by atoms with Crippen molar-refractivity contribution in [3.05, 3.63) is 95.6 Å². The molecule has 0 bridgehead atoms. The fourth-order valence-corrected chi connectivity index (χ4v) is 4.17. The summed E-state index contributed by atoms with van der Waals surface area (Å²) in [6, 6.07) is 22.5. The zero-order chi connectivity index (χ0) is 22.9. The average Bonchev–Trinajstić information content (AvgIpc) is 3.32. The molecule has 33 heavy (non-hydrogen) atoms. The number of benzene rings is 3. The number of anilines is 1. The Morgan fingerprint density at radius 3 is 2.06 bits per heavy atom. The van der Waals surface area contributed by atoms with E-state index >= 15 is 0 Å². The summed E-state index contributed by atoms with van der Waals surface area (Å²) in [4.78, 5) is 53.0. The number of carbonyl (C=O) groups excluding carboxylic acids is 4. The molecule has 164 valence electrons. The molecule has 2 aliphatic heterocycles. The Bertz CT molecular complexity index is 1220. The van der Waals surface area contributed by atoms with Gasteiger partial charge in [-0.2, -0.15) is 0 Å². The standard InChI is InChI=1S/C26H20N2O5/c29-23-14-18(16-27(23)15-17-6-2-1-3-7-17)26(32)33-20-12-10-19(11-13-20)28-24(30)21-8-4-5-9-22(21)25(28)31/h1-13,18H,14-16H2/t18-/m1/s1. The normalized spacial score (nSPS) is 17.5. The van der Waals surface area contributed by atoms with E-state index in [0.717, 1.165) is 10.5 Å². The fourth-order valence-electron chi connectivity index (χ4n) is 4.17. The summed E-state index contributed by atoms with van der Waals surface area (Å²) in [5, 5.41) is 0. The third-order valence-corrected chi connectivity index (χ3v) is 5.87. The van der Waals surface area contributed by atoms with Crippen molar-refractivity contribution in [2.45, 2.75) is 13.0 Å². The van der Waals surface area contributed by atoms with E-state index in [1.165, 1.54) is 12.1 Å². The second-order valence-corrected chi connectivity index (χ2v) is 8.07. The van der Waals surface area contributed by atoms with Gasteiger partial charge >= 0.3 is 5.97 Å². The molecular formula is C26H20N2O5. The molecule has 0 saturated carbocycles. The molecule has 0 aromatic heterocycles. The number of hydrogen-bond donors (Lipinski definition) is 0. The van der Waals surface area contributed by atoms with Gasteiger partial charge in [0.15, 0.2) is 0 Å². The lowest BCUT2D eigenvalue weighted by molar-refractivity contribution is -0.139. The van der Waals surface area contributed by atoms with Gasteiger partial charge in [0.05, 0.1) is 22.7 Å². The van der Waals surface area contributed by atoms with Crippen molar-refractivity contribution < 1.29 is 23.9 Å². The van der Waals surface area contributed by atoms with E-state index in [1.54, 1.807) is 41.3 Å². The Hall–Kier alpha value is -4.26. The van der Waals surface area contributed by atoms with Crippen LogP contribution >= 0.6 is 0 Å². The van der Waals surface area contributed by atoms with Gasteiger partial charge in [-0.05, 0) is 42.0 Å². The minimum absolute atomic E-state index is 0.0817. The molecule has 0 unspecified atom stereocenters. The van der Waals surface area contributed by atoms with E-state index in [0.29, 0.717) is 29.9 Å².